The van der Waals surface area contributed by atoms with E-state index in [1.54, 1.807) is 26.1 Å². The van der Waals surface area contributed by atoms with Crippen LogP contribution >= 0.6 is 11.6 Å². The van der Waals surface area contributed by atoms with Crippen LogP contribution in [0.15, 0.2) is 52.4 Å². The average Bonchev–Trinajstić information content (AvgIpc) is 3.37. The highest BCUT2D eigenvalue weighted by Gasteiger charge is 2.29. The summed E-state index contributed by atoms with van der Waals surface area (Å²) >= 11 is 6.07. The molecule has 1 heterocycles. The number of halogens is 1. The van der Waals surface area contributed by atoms with Crippen molar-refractivity contribution in [1.29, 1.82) is 0 Å². The number of ether oxygens (including phenoxy) is 2. The van der Waals surface area contributed by atoms with Crippen LogP contribution < -0.4 is 0 Å². The first kappa shape index (κ1) is 31.5. The van der Waals surface area contributed by atoms with Gasteiger partial charge in [-0.15, -0.1) is 0 Å². The molecule has 2 aromatic carbocycles. The molecule has 2 amide bonds. The molecular weight excluding hydrogens is 556 g/mol. The predicted molar refractivity (Wildman–Crippen MR) is 154 cm³/mol. The van der Waals surface area contributed by atoms with Crippen LogP contribution in [0.3, 0.4) is 0 Å². The van der Waals surface area contributed by atoms with Gasteiger partial charge in [0.15, 0.2) is 0 Å². The summed E-state index contributed by atoms with van der Waals surface area (Å²) in [5.74, 6) is 0.327. The van der Waals surface area contributed by atoms with Crippen molar-refractivity contribution in [2.24, 2.45) is 4.99 Å². The number of likely N-dealkylation sites (N-methyl/N-ethyl adjacent to an activating group) is 2. The van der Waals surface area contributed by atoms with Crippen LogP contribution in [-0.4, -0.2) is 92.9 Å². The number of amidine groups is 1. The lowest BCUT2D eigenvalue weighted by Gasteiger charge is -2.25. The summed E-state index contributed by atoms with van der Waals surface area (Å²) in [6.45, 7) is 8.40. The molecular formula is C28H37ClN4O6S. The van der Waals surface area contributed by atoms with Gasteiger partial charge in [-0.05, 0) is 51.0 Å². The highest BCUT2D eigenvalue weighted by atomic mass is 35.5. The standard InChI is InChI=1S/C28H37ClN4O6S/c1-20-23(29)8-7-9-24(20)40(36,37)32(6)16-17-38-19-25(34)31(5)18-21-10-12-22(13-11-21)26-30-14-15-33(26)27(35)39-28(2,3)4/h7-13H,14-19H2,1-6H3. The summed E-state index contributed by atoms with van der Waals surface area (Å²) in [5, 5.41) is 0.379. The van der Waals surface area contributed by atoms with Gasteiger partial charge in [0.05, 0.1) is 24.6 Å². The lowest BCUT2D eigenvalue weighted by atomic mass is 10.1. The van der Waals surface area contributed by atoms with Crippen molar-refractivity contribution in [3.63, 3.8) is 0 Å². The molecule has 0 N–H and O–H groups in total. The van der Waals surface area contributed by atoms with E-state index in [0.29, 0.717) is 36.1 Å². The molecule has 0 atom stereocenters. The molecule has 0 unspecified atom stereocenters. The zero-order valence-corrected chi connectivity index (χ0v) is 25.4. The van der Waals surface area contributed by atoms with Crippen LogP contribution in [0.2, 0.25) is 5.02 Å². The average molecular weight is 593 g/mol. The van der Waals surface area contributed by atoms with Crippen LogP contribution in [0, 0.1) is 6.92 Å². The van der Waals surface area contributed by atoms with Gasteiger partial charge in [0, 0.05) is 37.8 Å². The summed E-state index contributed by atoms with van der Waals surface area (Å²) in [6.07, 6.45) is -0.429. The van der Waals surface area contributed by atoms with Crippen LogP contribution in [0.1, 0.15) is 37.5 Å². The maximum Gasteiger partial charge on any atom is 0.416 e. The normalized spacial score (nSPS) is 13.9. The van der Waals surface area contributed by atoms with E-state index in [1.165, 1.54) is 27.2 Å². The number of carbonyl (C=O) groups is 2. The maximum absolute atomic E-state index is 12.9. The minimum absolute atomic E-state index is 0.0554. The molecule has 218 valence electrons. The van der Waals surface area contributed by atoms with Gasteiger partial charge in [-0.25, -0.2) is 13.2 Å². The SMILES string of the molecule is Cc1c(Cl)cccc1S(=O)(=O)N(C)CCOCC(=O)N(C)Cc1ccc(C2=NCCN2C(=O)OC(C)(C)C)cc1. The maximum atomic E-state index is 12.9. The first-order valence-electron chi connectivity index (χ1n) is 12.9. The first-order chi connectivity index (χ1) is 18.7. The van der Waals surface area contributed by atoms with Crippen molar-refractivity contribution in [2.75, 3.05) is 46.9 Å². The van der Waals surface area contributed by atoms with Gasteiger partial charge in [-0.3, -0.25) is 14.7 Å². The van der Waals surface area contributed by atoms with Crippen molar-refractivity contribution in [3.8, 4) is 0 Å². The quantitative estimate of drug-likeness (QED) is 0.387. The highest BCUT2D eigenvalue weighted by Crippen LogP contribution is 2.25. The predicted octanol–water partition coefficient (Wildman–Crippen LogP) is 3.94. The highest BCUT2D eigenvalue weighted by molar-refractivity contribution is 7.89. The number of hydrogen-bond donors (Lipinski definition) is 0. The monoisotopic (exact) mass is 592 g/mol. The minimum Gasteiger partial charge on any atom is -0.443 e. The van der Waals surface area contributed by atoms with Crippen molar-refractivity contribution >= 4 is 39.5 Å². The zero-order chi connectivity index (χ0) is 29.7. The van der Waals surface area contributed by atoms with Gasteiger partial charge in [0.25, 0.3) is 0 Å². The van der Waals surface area contributed by atoms with Gasteiger partial charge >= 0.3 is 6.09 Å². The Kier molecular flexibility index (Phi) is 10.3. The zero-order valence-electron chi connectivity index (χ0n) is 23.8. The number of nitrogens with zero attached hydrogens (tertiary/aromatic N) is 4. The molecule has 0 saturated carbocycles. The summed E-state index contributed by atoms with van der Waals surface area (Å²) < 4.78 is 37.9. The summed E-state index contributed by atoms with van der Waals surface area (Å²) in [4.78, 5) is 32.8. The lowest BCUT2D eigenvalue weighted by molar-refractivity contribution is -0.135. The smallest absolute Gasteiger partial charge is 0.416 e. The topological polar surface area (TPSA) is 109 Å². The molecule has 0 aromatic heterocycles. The molecule has 0 radical (unpaired) electrons. The molecule has 3 rings (SSSR count). The fourth-order valence-corrected chi connectivity index (χ4v) is 5.56. The number of aliphatic imine (C=N–C) groups is 1. The van der Waals surface area contributed by atoms with Gasteiger partial charge < -0.3 is 14.4 Å². The Hall–Kier alpha value is -2.99. The fraction of sp³-hybridized carbons (Fsp3) is 0.464. The van der Waals surface area contributed by atoms with E-state index in [4.69, 9.17) is 21.1 Å². The van der Waals surface area contributed by atoms with Gasteiger partial charge in [-0.1, -0.05) is 41.9 Å². The molecule has 0 spiro atoms. The minimum atomic E-state index is -3.74. The Morgan fingerprint density at radius 3 is 2.42 bits per heavy atom. The Morgan fingerprint density at radius 1 is 1.10 bits per heavy atom. The van der Waals surface area contributed by atoms with E-state index in [0.717, 1.165) is 11.1 Å². The molecule has 40 heavy (non-hydrogen) atoms. The second-order valence-corrected chi connectivity index (χ2v) is 12.9. The van der Waals surface area contributed by atoms with E-state index in [9.17, 15) is 18.0 Å². The lowest BCUT2D eigenvalue weighted by Crippen LogP contribution is -2.39. The Bertz CT molecular complexity index is 1360. The third kappa shape index (κ3) is 8.03. The summed E-state index contributed by atoms with van der Waals surface area (Å²) in [5.41, 5.74) is 1.57. The van der Waals surface area contributed by atoms with Crippen molar-refractivity contribution < 1.29 is 27.5 Å². The van der Waals surface area contributed by atoms with Crippen molar-refractivity contribution in [2.45, 2.75) is 44.7 Å². The molecule has 0 aliphatic carbocycles. The fourth-order valence-electron chi connectivity index (χ4n) is 3.93. The molecule has 0 fully saturated rings. The second kappa shape index (κ2) is 13.1. The van der Waals surface area contributed by atoms with E-state index >= 15 is 0 Å². The largest absolute Gasteiger partial charge is 0.443 e. The first-order valence-corrected chi connectivity index (χ1v) is 14.7. The van der Waals surface area contributed by atoms with E-state index in [2.05, 4.69) is 4.99 Å². The molecule has 0 bridgehead atoms. The molecule has 0 saturated heterocycles. The van der Waals surface area contributed by atoms with Gasteiger partial charge in [-0.2, -0.15) is 4.31 Å². The number of hydrogen-bond acceptors (Lipinski definition) is 7. The Morgan fingerprint density at radius 2 is 1.77 bits per heavy atom. The Balaban J connectivity index is 1.48. The van der Waals surface area contributed by atoms with E-state index < -0.39 is 21.7 Å². The van der Waals surface area contributed by atoms with E-state index in [1.807, 2.05) is 45.0 Å². The van der Waals surface area contributed by atoms with Crippen LogP contribution in [0.4, 0.5) is 4.79 Å². The van der Waals surface area contributed by atoms with Crippen LogP contribution in [0.25, 0.3) is 0 Å². The number of benzene rings is 2. The molecule has 12 heteroatoms. The second-order valence-electron chi connectivity index (χ2n) is 10.5. The van der Waals surface area contributed by atoms with E-state index in [-0.39, 0.29) is 30.6 Å². The Labute approximate surface area is 241 Å². The van der Waals surface area contributed by atoms with Gasteiger partial charge in [0.1, 0.15) is 18.0 Å². The van der Waals surface area contributed by atoms with Crippen molar-refractivity contribution in [1.82, 2.24) is 14.1 Å². The summed E-state index contributed by atoms with van der Waals surface area (Å²) in [7, 11) is -0.611. The number of amides is 2. The number of rotatable bonds is 10. The van der Waals surface area contributed by atoms with Crippen LogP contribution in [0.5, 0.6) is 0 Å². The van der Waals surface area contributed by atoms with Crippen molar-refractivity contribution in [3.05, 3.63) is 64.2 Å². The molecule has 1 aliphatic rings. The molecule has 1 aliphatic heterocycles. The summed E-state index contributed by atoms with van der Waals surface area (Å²) in [6, 6.07) is 12.2. The molecule has 10 nitrogen and oxygen atoms in total. The third-order valence-electron chi connectivity index (χ3n) is 6.19. The number of sulfonamides is 1. The van der Waals surface area contributed by atoms with Gasteiger partial charge in [0.2, 0.25) is 15.9 Å². The third-order valence-corrected chi connectivity index (χ3v) is 8.61. The number of carbonyl (C=O) groups excluding carboxylic acids is 2. The molecule has 2 aromatic rings. The van der Waals surface area contributed by atoms with Crippen LogP contribution in [-0.2, 0) is 30.8 Å².